The molecule has 14 heteroatoms. The molecule has 0 aliphatic carbocycles. The zero-order valence-corrected chi connectivity index (χ0v) is 42.3. The number of hydrogen-bond donors (Lipinski definition) is 3. The van der Waals surface area contributed by atoms with E-state index in [1.165, 1.54) is 11.1 Å². The Morgan fingerprint density at radius 3 is 1.48 bits per heavy atom. The molecular weight excluding hydrogens is 970 g/mol. The zero-order valence-electron chi connectivity index (χ0n) is 39.3. The Morgan fingerprint density at radius 2 is 0.944 bits per heavy atom. The van der Waals surface area contributed by atoms with Crippen molar-refractivity contribution in [3.63, 3.8) is 0 Å². The van der Waals surface area contributed by atoms with E-state index in [1.54, 1.807) is 36.4 Å². The van der Waals surface area contributed by atoms with Gasteiger partial charge in [0.15, 0.2) is 5.82 Å². The highest BCUT2D eigenvalue weighted by molar-refractivity contribution is 6.36. The maximum Gasteiger partial charge on any atom is 0.259 e. The van der Waals surface area contributed by atoms with Crippen molar-refractivity contribution in [2.75, 3.05) is 25.0 Å². The lowest BCUT2D eigenvalue weighted by Gasteiger charge is -2.20. The van der Waals surface area contributed by atoms with Crippen molar-refractivity contribution in [2.24, 2.45) is 0 Å². The minimum atomic E-state index is -0.280. The number of nitrogens with one attached hydrogen (secondary N) is 3. The number of hydrogen-bond acceptors (Lipinski definition) is 8. The minimum Gasteiger partial charge on any atom is -0.367 e. The number of H-pyrrole nitrogens is 2. The molecule has 10 aromatic rings. The molecule has 0 saturated carbocycles. The number of halogens is 4. The van der Waals surface area contributed by atoms with Crippen LogP contribution < -0.4 is 16.4 Å². The van der Waals surface area contributed by atoms with E-state index >= 15 is 0 Å². The van der Waals surface area contributed by atoms with Crippen LogP contribution in [0.25, 0.3) is 77.7 Å². The minimum absolute atomic E-state index is 0.0469. The molecule has 7 aromatic carbocycles. The molecule has 0 aliphatic heterocycles. The number of benzene rings is 7. The van der Waals surface area contributed by atoms with Gasteiger partial charge in [-0.2, -0.15) is 0 Å². The normalized spacial score (nSPS) is 11.5. The Labute approximate surface area is 431 Å². The topological polar surface area (TPSA) is 133 Å². The highest BCUT2D eigenvalue weighted by atomic mass is 35.5. The first-order valence-electron chi connectivity index (χ1n) is 23.3. The highest BCUT2D eigenvalue weighted by Gasteiger charge is 2.15. The van der Waals surface area contributed by atoms with Crippen LogP contribution >= 0.6 is 46.4 Å². The third-order valence-corrected chi connectivity index (χ3v) is 13.0. The summed E-state index contributed by atoms with van der Waals surface area (Å²) in [5, 5.41) is 7.11. The first-order valence-corrected chi connectivity index (χ1v) is 24.8. The Hall–Kier alpha value is -6.92. The van der Waals surface area contributed by atoms with Crippen LogP contribution in [-0.4, -0.2) is 60.5 Å². The average Bonchev–Trinajstić information content (AvgIpc) is 3.39. The van der Waals surface area contributed by atoms with Crippen LogP contribution in [0.15, 0.2) is 173 Å². The van der Waals surface area contributed by atoms with Gasteiger partial charge in [0.1, 0.15) is 11.6 Å². The molecule has 3 aromatic heterocycles. The maximum atomic E-state index is 12.3. The first-order chi connectivity index (χ1) is 34.5. The van der Waals surface area contributed by atoms with E-state index < -0.39 is 0 Å². The van der Waals surface area contributed by atoms with E-state index in [2.05, 4.69) is 112 Å². The quantitative estimate of drug-likeness (QED) is 0.103. The lowest BCUT2D eigenvalue weighted by atomic mass is 10.0. The fourth-order valence-electron chi connectivity index (χ4n) is 8.08. The molecule has 1 atom stereocenters. The summed E-state index contributed by atoms with van der Waals surface area (Å²) in [7, 11) is 0. The lowest BCUT2D eigenvalue weighted by Crippen LogP contribution is -2.25. The van der Waals surface area contributed by atoms with Gasteiger partial charge in [-0.25, -0.2) is 19.9 Å². The van der Waals surface area contributed by atoms with Crippen molar-refractivity contribution >= 4 is 84.9 Å². The Morgan fingerprint density at radius 1 is 0.493 bits per heavy atom. The summed E-state index contributed by atoms with van der Waals surface area (Å²) in [4.78, 5) is 49.4. The third kappa shape index (κ3) is 12.5. The number of anilines is 1. The molecule has 0 spiro atoms. The molecule has 0 fully saturated rings. The van der Waals surface area contributed by atoms with Gasteiger partial charge in [0, 0.05) is 22.6 Å². The second-order valence-electron chi connectivity index (χ2n) is 16.7. The standard InChI is InChI=1S/C29H33ClN4.C20H13ClN2O.C8H4Cl2N2O/c1-4-34(5-2)20-10-11-21(3)31-29-25-14-9-15-26(30)27(25)32-28(33-29)24-18-16-23(17-19-24)22-12-7-6-8-13-22;21-17-8-4-7-16-18(17)22-19(23-20(16)24)15-11-9-14(10-12-15)13-5-2-1-3-6-13;9-5-3-1-2-4-6(5)11-8(10)12-7(4)13/h6-9,12-19,21H,4-5,10-11,20H2,1-3H3,(H,31,32,33);1-12H,(H,22,23,24);1-3H,(H,11,12,13). The summed E-state index contributed by atoms with van der Waals surface area (Å²) in [5.74, 6) is 2.03. The number of fused-ring (bicyclic) bond motifs is 3. The van der Waals surface area contributed by atoms with Gasteiger partial charge in [-0.1, -0.05) is 176 Å². The summed E-state index contributed by atoms with van der Waals surface area (Å²) in [6, 6.07) is 53.2. The monoisotopic (exact) mass is 1020 g/mol. The summed E-state index contributed by atoms with van der Waals surface area (Å²) in [6.07, 6.45) is 2.22. The van der Waals surface area contributed by atoms with Gasteiger partial charge < -0.3 is 15.2 Å². The second-order valence-corrected chi connectivity index (χ2v) is 18.3. The molecule has 0 aliphatic rings. The van der Waals surface area contributed by atoms with Crippen LogP contribution in [-0.2, 0) is 0 Å². The van der Waals surface area contributed by atoms with Crippen molar-refractivity contribution in [1.82, 2.24) is 34.8 Å². The van der Waals surface area contributed by atoms with Gasteiger partial charge in [-0.15, -0.1) is 0 Å². The largest absolute Gasteiger partial charge is 0.367 e. The summed E-state index contributed by atoms with van der Waals surface area (Å²) >= 11 is 24.1. The maximum absolute atomic E-state index is 12.3. The van der Waals surface area contributed by atoms with Crippen molar-refractivity contribution in [3.8, 4) is 45.0 Å². The summed E-state index contributed by atoms with van der Waals surface area (Å²) < 4.78 is 0. The van der Waals surface area contributed by atoms with E-state index in [0.717, 1.165) is 71.5 Å². The molecule has 0 radical (unpaired) electrons. The van der Waals surface area contributed by atoms with E-state index in [0.29, 0.717) is 54.6 Å². The number of nitrogens with zero attached hydrogens (tertiary/aromatic N) is 5. The van der Waals surface area contributed by atoms with Crippen LogP contribution in [0.5, 0.6) is 0 Å². The average molecular weight is 1020 g/mol. The molecule has 10 rings (SSSR count). The van der Waals surface area contributed by atoms with E-state index in [-0.39, 0.29) is 16.4 Å². The third-order valence-electron chi connectivity index (χ3n) is 11.9. The molecule has 358 valence electrons. The predicted octanol–water partition coefficient (Wildman–Crippen LogP) is 14.7. The van der Waals surface area contributed by atoms with Crippen LogP contribution in [0, 0.1) is 0 Å². The van der Waals surface area contributed by atoms with E-state index in [1.807, 2.05) is 66.7 Å². The second kappa shape index (κ2) is 23.8. The van der Waals surface area contributed by atoms with Gasteiger partial charge in [0.2, 0.25) is 5.28 Å². The van der Waals surface area contributed by atoms with Crippen LogP contribution in [0.1, 0.15) is 33.6 Å². The molecule has 3 N–H and O–H groups in total. The molecule has 10 nitrogen and oxygen atoms in total. The number of rotatable bonds is 12. The van der Waals surface area contributed by atoms with Gasteiger partial charge in [0.05, 0.1) is 42.4 Å². The van der Waals surface area contributed by atoms with Gasteiger partial charge >= 0.3 is 0 Å². The molecule has 1 unspecified atom stereocenters. The molecule has 0 bridgehead atoms. The van der Waals surface area contributed by atoms with Gasteiger partial charge in [-0.05, 0) is 110 Å². The molecule has 0 saturated heterocycles. The number of para-hydroxylation sites is 3. The smallest absolute Gasteiger partial charge is 0.259 e. The lowest BCUT2D eigenvalue weighted by molar-refractivity contribution is 0.295. The van der Waals surface area contributed by atoms with Crippen LogP contribution in [0.3, 0.4) is 0 Å². The van der Waals surface area contributed by atoms with Crippen molar-refractivity contribution < 1.29 is 0 Å². The fraction of sp³-hybridized carbons (Fsp3) is 0.158. The molecule has 0 amide bonds. The fourth-order valence-corrected chi connectivity index (χ4v) is 8.90. The number of aromatic amines is 2. The van der Waals surface area contributed by atoms with E-state index in [9.17, 15) is 9.59 Å². The van der Waals surface area contributed by atoms with Crippen LogP contribution in [0.2, 0.25) is 20.4 Å². The Balaban J connectivity index is 0.000000157. The van der Waals surface area contributed by atoms with Gasteiger partial charge in [-0.3, -0.25) is 14.6 Å². The Bertz CT molecular complexity index is 3520. The van der Waals surface area contributed by atoms with Gasteiger partial charge in [0.25, 0.3) is 11.1 Å². The predicted molar refractivity (Wildman–Crippen MR) is 296 cm³/mol. The SMILES string of the molecule is CCN(CC)CCCC(C)Nc1nc(-c2ccc(-c3ccccc3)cc2)nc2c(Cl)cccc12.O=c1[nH]c(-c2ccc(-c3ccccc3)cc2)nc2c(Cl)cccc12.O=c1[nH]c(Cl)nc2c(Cl)cccc12. The first kappa shape index (κ1) is 50.5. The molecular formula is C57H50Cl4N8O2. The van der Waals surface area contributed by atoms with Crippen molar-refractivity contribution in [3.05, 3.63) is 205 Å². The number of aromatic nitrogens is 6. The van der Waals surface area contributed by atoms with Crippen molar-refractivity contribution in [2.45, 2.75) is 39.7 Å². The summed E-state index contributed by atoms with van der Waals surface area (Å²) in [5.41, 5.74) is 7.69. The Kier molecular flexibility index (Phi) is 16.9. The van der Waals surface area contributed by atoms with E-state index in [4.69, 9.17) is 56.4 Å². The zero-order chi connectivity index (χ0) is 49.9. The molecule has 3 heterocycles. The van der Waals surface area contributed by atoms with Crippen molar-refractivity contribution in [1.29, 1.82) is 0 Å². The summed E-state index contributed by atoms with van der Waals surface area (Å²) in [6.45, 7) is 9.97. The van der Waals surface area contributed by atoms with Crippen LogP contribution in [0.4, 0.5) is 5.82 Å². The highest BCUT2D eigenvalue weighted by Crippen LogP contribution is 2.32. The molecule has 71 heavy (non-hydrogen) atoms.